The maximum atomic E-state index is 12.0. The minimum absolute atomic E-state index is 0.174. The first-order valence-corrected chi connectivity index (χ1v) is 11.4. The van der Waals surface area contributed by atoms with Gasteiger partial charge in [0.05, 0.1) is 22.3 Å². The summed E-state index contributed by atoms with van der Waals surface area (Å²) in [5.74, 6) is -0.810. The lowest BCUT2D eigenvalue weighted by atomic mass is 9.86. The lowest BCUT2D eigenvalue weighted by Gasteiger charge is -2.34. The van der Waals surface area contributed by atoms with Gasteiger partial charge in [-0.3, -0.25) is 19.3 Å². The van der Waals surface area contributed by atoms with E-state index in [4.69, 9.17) is 14.2 Å². The summed E-state index contributed by atoms with van der Waals surface area (Å²) in [7, 11) is 0. The molecular formula is C24H47NO6. The van der Waals surface area contributed by atoms with Crippen LogP contribution in [0.15, 0.2) is 0 Å². The van der Waals surface area contributed by atoms with Crippen LogP contribution in [0.1, 0.15) is 83.1 Å². The number of rotatable bonds is 7. The van der Waals surface area contributed by atoms with Crippen LogP contribution in [-0.2, 0) is 28.6 Å². The molecular weight excluding hydrogens is 398 g/mol. The number of esters is 3. The molecule has 0 amide bonds. The van der Waals surface area contributed by atoms with Gasteiger partial charge in [0.15, 0.2) is 0 Å². The first-order chi connectivity index (χ1) is 14.2. The van der Waals surface area contributed by atoms with Crippen LogP contribution in [0.2, 0.25) is 0 Å². The fourth-order valence-corrected chi connectivity index (χ4v) is 2.61. The highest BCUT2D eigenvalue weighted by Crippen LogP contribution is 2.33. The number of cyclic esters (lactones) is 1. The van der Waals surface area contributed by atoms with Crippen molar-refractivity contribution in [1.29, 1.82) is 0 Å². The van der Waals surface area contributed by atoms with Crippen molar-refractivity contribution < 1.29 is 28.6 Å². The lowest BCUT2D eigenvalue weighted by molar-refractivity contribution is -0.154. The third-order valence-electron chi connectivity index (χ3n) is 4.62. The van der Waals surface area contributed by atoms with Crippen molar-refractivity contribution in [1.82, 2.24) is 4.90 Å². The first kappa shape index (κ1) is 31.6. The van der Waals surface area contributed by atoms with E-state index in [1.54, 1.807) is 41.5 Å². The Kier molecular flexibility index (Phi) is 14.0. The number of hydrogen-bond donors (Lipinski definition) is 0. The maximum absolute atomic E-state index is 12.0. The van der Waals surface area contributed by atoms with E-state index in [2.05, 4.69) is 0 Å². The zero-order valence-electron chi connectivity index (χ0n) is 22.0. The molecule has 7 nitrogen and oxygen atoms in total. The Labute approximate surface area is 190 Å². The average molecular weight is 446 g/mol. The zero-order valence-corrected chi connectivity index (χ0v) is 22.0. The van der Waals surface area contributed by atoms with Gasteiger partial charge in [-0.15, -0.1) is 0 Å². The minimum atomic E-state index is -0.678. The van der Waals surface area contributed by atoms with Gasteiger partial charge in [-0.05, 0) is 55.4 Å². The Morgan fingerprint density at radius 1 is 0.903 bits per heavy atom. The standard InChI is InChI=1S/C20H35NO6.2C2H6/c1-18(2,3)15(22)25-11-9-21(10-12-26-16(23)19(4,5)6)14-13-27-17(24)20(14,7)8;2*1-2/h14H,9-13H2,1-8H3;2*1-2H3. The van der Waals surface area contributed by atoms with Crippen molar-refractivity contribution in [2.24, 2.45) is 16.2 Å². The van der Waals surface area contributed by atoms with Crippen LogP contribution in [0.25, 0.3) is 0 Å². The van der Waals surface area contributed by atoms with Gasteiger partial charge in [-0.1, -0.05) is 27.7 Å². The highest BCUT2D eigenvalue weighted by atomic mass is 16.5. The Bertz CT molecular complexity index is 525. The molecule has 0 bridgehead atoms. The molecule has 1 fully saturated rings. The molecule has 0 N–H and O–H groups in total. The normalized spacial score (nSPS) is 17.6. The third kappa shape index (κ3) is 10.5. The van der Waals surface area contributed by atoms with Crippen LogP contribution in [0, 0.1) is 16.2 Å². The molecule has 1 unspecified atom stereocenters. The van der Waals surface area contributed by atoms with E-state index >= 15 is 0 Å². The molecule has 1 heterocycles. The molecule has 1 atom stereocenters. The molecule has 0 spiro atoms. The molecule has 0 aromatic heterocycles. The van der Waals surface area contributed by atoms with Crippen molar-refractivity contribution in [3.63, 3.8) is 0 Å². The maximum Gasteiger partial charge on any atom is 0.313 e. The monoisotopic (exact) mass is 445 g/mol. The molecule has 7 heteroatoms. The van der Waals surface area contributed by atoms with Crippen LogP contribution >= 0.6 is 0 Å². The summed E-state index contributed by atoms with van der Waals surface area (Å²) in [6.45, 7) is 24.0. The molecule has 0 radical (unpaired) electrons. The first-order valence-electron chi connectivity index (χ1n) is 11.4. The van der Waals surface area contributed by atoms with E-state index in [1.807, 2.05) is 46.4 Å². The van der Waals surface area contributed by atoms with E-state index in [9.17, 15) is 14.4 Å². The van der Waals surface area contributed by atoms with Crippen LogP contribution < -0.4 is 0 Å². The van der Waals surface area contributed by atoms with Gasteiger partial charge in [0.1, 0.15) is 19.8 Å². The third-order valence-corrected chi connectivity index (χ3v) is 4.62. The van der Waals surface area contributed by atoms with Gasteiger partial charge >= 0.3 is 17.9 Å². The van der Waals surface area contributed by atoms with Gasteiger partial charge in [-0.2, -0.15) is 0 Å². The minimum Gasteiger partial charge on any atom is -0.464 e. The summed E-state index contributed by atoms with van der Waals surface area (Å²) in [6, 6.07) is -0.174. The fraction of sp³-hybridized carbons (Fsp3) is 0.875. The molecule has 184 valence electrons. The Balaban J connectivity index is 0. The predicted octanol–water partition coefficient (Wildman–Crippen LogP) is 4.47. The van der Waals surface area contributed by atoms with Crippen LogP contribution in [0.4, 0.5) is 0 Å². The van der Waals surface area contributed by atoms with Crippen molar-refractivity contribution in [3.05, 3.63) is 0 Å². The van der Waals surface area contributed by atoms with Crippen LogP contribution in [0.5, 0.6) is 0 Å². The average Bonchev–Trinajstić information content (AvgIpc) is 2.94. The molecule has 0 aliphatic carbocycles. The van der Waals surface area contributed by atoms with E-state index in [1.165, 1.54) is 0 Å². The van der Waals surface area contributed by atoms with Crippen LogP contribution in [0.3, 0.4) is 0 Å². The Morgan fingerprint density at radius 2 is 1.26 bits per heavy atom. The number of ether oxygens (including phenoxy) is 3. The lowest BCUT2D eigenvalue weighted by Crippen LogP contribution is -2.48. The second kappa shape index (κ2) is 13.7. The van der Waals surface area contributed by atoms with E-state index in [0.29, 0.717) is 13.1 Å². The summed E-state index contributed by atoms with van der Waals surface area (Å²) in [5, 5.41) is 0. The van der Waals surface area contributed by atoms with Crippen molar-refractivity contribution in [2.75, 3.05) is 32.9 Å². The van der Waals surface area contributed by atoms with Gasteiger partial charge in [0, 0.05) is 13.1 Å². The number of hydrogen-bond acceptors (Lipinski definition) is 7. The summed E-state index contributed by atoms with van der Waals surface area (Å²) < 4.78 is 15.9. The second-order valence-corrected chi connectivity index (χ2v) is 9.64. The second-order valence-electron chi connectivity index (χ2n) is 9.64. The summed E-state index contributed by atoms with van der Waals surface area (Å²) >= 11 is 0. The van der Waals surface area contributed by atoms with Gasteiger partial charge in [0.2, 0.25) is 0 Å². The largest absolute Gasteiger partial charge is 0.464 e. The number of carbonyl (C=O) groups is 3. The molecule has 1 aliphatic heterocycles. The predicted molar refractivity (Wildman–Crippen MR) is 124 cm³/mol. The number of nitrogens with zero attached hydrogens (tertiary/aromatic N) is 1. The smallest absolute Gasteiger partial charge is 0.313 e. The summed E-state index contributed by atoms with van der Waals surface area (Å²) in [6.07, 6.45) is 0. The van der Waals surface area contributed by atoms with Gasteiger partial charge < -0.3 is 14.2 Å². The highest BCUT2D eigenvalue weighted by Gasteiger charge is 2.47. The molecule has 1 rings (SSSR count). The van der Waals surface area contributed by atoms with Crippen LogP contribution in [-0.4, -0.2) is 61.8 Å². The quantitative estimate of drug-likeness (QED) is 0.422. The van der Waals surface area contributed by atoms with Crippen molar-refractivity contribution in [2.45, 2.75) is 89.1 Å². The fourth-order valence-electron chi connectivity index (χ4n) is 2.61. The summed E-state index contributed by atoms with van der Waals surface area (Å²) in [4.78, 5) is 38.0. The molecule has 1 saturated heterocycles. The Morgan fingerprint density at radius 3 is 1.52 bits per heavy atom. The molecule has 0 aromatic rings. The van der Waals surface area contributed by atoms with E-state index in [0.717, 1.165) is 0 Å². The highest BCUT2D eigenvalue weighted by molar-refractivity contribution is 5.79. The van der Waals surface area contributed by atoms with E-state index in [-0.39, 0.29) is 43.8 Å². The van der Waals surface area contributed by atoms with Gasteiger partial charge in [-0.25, -0.2) is 0 Å². The SMILES string of the molecule is CC.CC.CC(C)(C)C(=O)OCCN(CCOC(=O)C(C)(C)C)C1COC(=O)C1(C)C. The molecule has 0 aromatic carbocycles. The number of carbonyl (C=O) groups excluding carboxylic acids is 3. The van der Waals surface area contributed by atoms with E-state index < -0.39 is 16.2 Å². The molecule has 31 heavy (non-hydrogen) atoms. The zero-order chi connectivity index (χ0) is 25.0. The summed E-state index contributed by atoms with van der Waals surface area (Å²) in [5.41, 5.74) is -1.82. The van der Waals surface area contributed by atoms with Crippen molar-refractivity contribution in [3.8, 4) is 0 Å². The molecule has 1 aliphatic rings. The Hall–Kier alpha value is -1.63. The van der Waals surface area contributed by atoms with Gasteiger partial charge in [0.25, 0.3) is 0 Å². The van der Waals surface area contributed by atoms with Crippen molar-refractivity contribution >= 4 is 17.9 Å². The molecule has 0 saturated carbocycles. The topological polar surface area (TPSA) is 82.1 Å².